The molecule has 1 aromatic carbocycles. The van der Waals surface area contributed by atoms with Crippen LogP contribution in [0.3, 0.4) is 0 Å². The van der Waals surface area contributed by atoms with Gasteiger partial charge >= 0.3 is 0 Å². The number of anilines is 1. The Morgan fingerprint density at radius 1 is 1.35 bits per heavy atom. The number of carbonyl (C=O) groups excluding carboxylic acids is 1. The van der Waals surface area contributed by atoms with E-state index in [4.69, 9.17) is 4.74 Å². The van der Waals surface area contributed by atoms with Crippen LogP contribution in [-0.2, 0) is 4.79 Å². The van der Waals surface area contributed by atoms with Gasteiger partial charge in [-0.2, -0.15) is 0 Å². The lowest BCUT2D eigenvalue weighted by Gasteiger charge is -2.17. The van der Waals surface area contributed by atoms with Crippen LogP contribution in [0.1, 0.15) is 0 Å². The summed E-state index contributed by atoms with van der Waals surface area (Å²) in [5, 5.41) is 6.34. The second-order valence-electron chi connectivity index (χ2n) is 5.62. The zero-order chi connectivity index (χ0) is 13.9. The van der Waals surface area contributed by atoms with Crippen LogP contribution >= 0.6 is 0 Å². The molecule has 0 bridgehead atoms. The first kappa shape index (κ1) is 13.4. The van der Waals surface area contributed by atoms with Crippen molar-refractivity contribution >= 4 is 11.6 Å². The number of likely N-dealkylation sites (tertiary alicyclic amines) is 1. The number of nitrogens with one attached hydrogen (secondary N) is 2. The number of methoxy groups -OCH3 is 1. The minimum absolute atomic E-state index is 0.0300. The number of nitrogens with zero attached hydrogens (tertiary/aromatic N) is 1. The fourth-order valence-electron chi connectivity index (χ4n) is 3.22. The monoisotopic (exact) mass is 275 g/mol. The number of ether oxygens (including phenoxy) is 1. The molecule has 108 valence electrons. The Hall–Kier alpha value is -1.59. The van der Waals surface area contributed by atoms with Gasteiger partial charge in [0.1, 0.15) is 5.75 Å². The van der Waals surface area contributed by atoms with Gasteiger partial charge in [-0.05, 0) is 37.1 Å². The summed E-state index contributed by atoms with van der Waals surface area (Å²) in [6.07, 6.45) is 0. The number of fused-ring (bicyclic) bond motifs is 1. The van der Waals surface area contributed by atoms with Crippen LogP contribution in [0.4, 0.5) is 5.69 Å². The molecule has 0 aliphatic carbocycles. The number of hydrogen-bond acceptors (Lipinski definition) is 4. The Bertz CT molecular complexity index is 480. The minimum Gasteiger partial charge on any atom is -0.495 e. The molecule has 2 aliphatic rings. The van der Waals surface area contributed by atoms with E-state index in [1.807, 2.05) is 24.3 Å². The molecule has 2 saturated heterocycles. The number of amides is 1. The van der Waals surface area contributed by atoms with Crippen molar-refractivity contribution in [3.63, 3.8) is 0 Å². The molecule has 1 amide bonds. The Labute approximate surface area is 119 Å². The van der Waals surface area contributed by atoms with Crippen molar-refractivity contribution in [1.82, 2.24) is 10.2 Å². The number of para-hydroxylation sites is 2. The second-order valence-corrected chi connectivity index (χ2v) is 5.62. The highest BCUT2D eigenvalue weighted by Crippen LogP contribution is 2.26. The topological polar surface area (TPSA) is 53.6 Å². The third-order valence-electron chi connectivity index (χ3n) is 4.21. The molecule has 3 rings (SSSR count). The maximum absolute atomic E-state index is 12.1. The van der Waals surface area contributed by atoms with Crippen LogP contribution in [0.5, 0.6) is 5.75 Å². The Morgan fingerprint density at radius 3 is 2.75 bits per heavy atom. The molecule has 0 radical (unpaired) electrons. The van der Waals surface area contributed by atoms with E-state index in [0.29, 0.717) is 24.1 Å². The van der Waals surface area contributed by atoms with Crippen molar-refractivity contribution in [1.29, 1.82) is 0 Å². The molecule has 2 atom stereocenters. The van der Waals surface area contributed by atoms with E-state index in [2.05, 4.69) is 15.5 Å². The average molecular weight is 275 g/mol. The number of carbonyl (C=O) groups is 1. The van der Waals surface area contributed by atoms with Crippen molar-refractivity contribution < 1.29 is 9.53 Å². The zero-order valence-corrected chi connectivity index (χ0v) is 11.8. The summed E-state index contributed by atoms with van der Waals surface area (Å²) in [4.78, 5) is 14.4. The highest BCUT2D eigenvalue weighted by atomic mass is 16.5. The van der Waals surface area contributed by atoms with Gasteiger partial charge in [0.15, 0.2) is 0 Å². The van der Waals surface area contributed by atoms with Crippen LogP contribution in [0.2, 0.25) is 0 Å². The Balaban J connectivity index is 1.55. The molecule has 2 N–H and O–H groups in total. The Kier molecular flexibility index (Phi) is 3.89. The Morgan fingerprint density at radius 2 is 2.05 bits per heavy atom. The molecule has 5 heteroatoms. The summed E-state index contributed by atoms with van der Waals surface area (Å²) in [5.41, 5.74) is 0.737. The largest absolute Gasteiger partial charge is 0.495 e. The van der Waals surface area contributed by atoms with Crippen molar-refractivity contribution in [2.45, 2.75) is 0 Å². The first-order valence-corrected chi connectivity index (χ1v) is 7.12. The number of rotatable bonds is 4. The van der Waals surface area contributed by atoms with E-state index in [1.54, 1.807) is 7.11 Å². The SMILES string of the molecule is COc1ccccc1NC(=O)CN1C[C@H]2CNC[C@H]2C1. The van der Waals surface area contributed by atoms with Gasteiger partial charge in [-0.3, -0.25) is 9.69 Å². The van der Waals surface area contributed by atoms with Gasteiger partial charge in [-0.1, -0.05) is 12.1 Å². The van der Waals surface area contributed by atoms with E-state index >= 15 is 0 Å². The van der Waals surface area contributed by atoms with E-state index in [-0.39, 0.29) is 5.91 Å². The van der Waals surface area contributed by atoms with E-state index in [1.165, 1.54) is 0 Å². The lowest BCUT2D eigenvalue weighted by molar-refractivity contribution is -0.117. The van der Waals surface area contributed by atoms with E-state index < -0.39 is 0 Å². The lowest BCUT2D eigenvalue weighted by atomic mass is 10.0. The van der Waals surface area contributed by atoms with Gasteiger partial charge in [-0.25, -0.2) is 0 Å². The quantitative estimate of drug-likeness (QED) is 0.853. The predicted octanol–water partition coefficient (Wildman–Crippen LogP) is 0.785. The fraction of sp³-hybridized carbons (Fsp3) is 0.533. The normalized spacial score (nSPS) is 25.4. The summed E-state index contributed by atoms with van der Waals surface area (Å²) < 4.78 is 5.24. The van der Waals surface area contributed by atoms with Gasteiger partial charge in [0.25, 0.3) is 0 Å². The van der Waals surface area contributed by atoms with Crippen LogP contribution in [0.25, 0.3) is 0 Å². The van der Waals surface area contributed by atoms with Gasteiger partial charge in [-0.15, -0.1) is 0 Å². The molecular weight excluding hydrogens is 254 g/mol. The van der Waals surface area contributed by atoms with Gasteiger partial charge in [0.05, 0.1) is 19.3 Å². The van der Waals surface area contributed by atoms with Gasteiger partial charge < -0.3 is 15.4 Å². The van der Waals surface area contributed by atoms with Crippen LogP contribution < -0.4 is 15.4 Å². The molecular formula is C15H21N3O2. The van der Waals surface area contributed by atoms with Crippen molar-refractivity contribution in [2.75, 3.05) is 45.2 Å². The summed E-state index contributed by atoms with van der Waals surface area (Å²) in [6.45, 7) is 4.70. The summed E-state index contributed by atoms with van der Waals surface area (Å²) in [7, 11) is 1.61. The maximum atomic E-state index is 12.1. The van der Waals surface area contributed by atoms with E-state index in [0.717, 1.165) is 31.9 Å². The molecule has 2 fully saturated rings. The average Bonchev–Trinajstić information content (AvgIpc) is 3.00. The molecule has 20 heavy (non-hydrogen) atoms. The molecule has 1 aromatic rings. The van der Waals surface area contributed by atoms with Crippen molar-refractivity contribution in [2.24, 2.45) is 11.8 Å². The molecule has 0 unspecified atom stereocenters. The van der Waals surface area contributed by atoms with E-state index in [9.17, 15) is 4.79 Å². The standard InChI is InChI=1S/C15H21N3O2/c1-20-14-5-3-2-4-13(14)17-15(19)10-18-8-11-6-16-7-12(11)9-18/h2-5,11-12,16H,6-10H2,1H3,(H,17,19)/t11-,12+. The zero-order valence-electron chi connectivity index (χ0n) is 11.8. The highest BCUT2D eigenvalue weighted by molar-refractivity contribution is 5.93. The van der Waals surface area contributed by atoms with Crippen molar-refractivity contribution in [3.8, 4) is 5.75 Å². The third-order valence-corrected chi connectivity index (χ3v) is 4.21. The molecule has 2 aliphatic heterocycles. The number of hydrogen-bond donors (Lipinski definition) is 2. The fourth-order valence-corrected chi connectivity index (χ4v) is 3.22. The predicted molar refractivity (Wildman–Crippen MR) is 77.9 cm³/mol. The van der Waals surface area contributed by atoms with Crippen LogP contribution in [-0.4, -0.2) is 50.6 Å². The maximum Gasteiger partial charge on any atom is 0.238 e. The number of benzene rings is 1. The second kappa shape index (κ2) is 5.81. The lowest BCUT2D eigenvalue weighted by Crippen LogP contribution is -2.33. The van der Waals surface area contributed by atoms with Crippen molar-refractivity contribution in [3.05, 3.63) is 24.3 Å². The first-order valence-electron chi connectivity index (χ1n) is 7.12. The first-order chi connectivity index (χ1) is 9.76. The molecule has 2 heterocycles. The van der Waals surface area contributed by atoms with Gasteiger partial charge in [0, 0.05) is 13.1 Å². The molecule has 0 aromatic heterocycles. The summed E-state index contributed by atoms with van der Waals surface area (Å²) in [5.74, 6) is 2.16. The van der Waals surface area contributed by atoms with Crippen LogP contribution in [0, 0.1) is 11.8 Å². The summed E-state index contributed by atoms with van der Waals surface area (Å²) in [6, 6.07) is 7.49. The highest BCUT2D eigenvalue weighted by Gasteiger charge is 2.36. The van der Waals surface area contributed by atoms with Gasteiger partial charge in [0.2, 0.25) is 5.91 Å². The molecule has 5 nitrogen and oxygen atoms in total. The summed E-state index contributed by atoms with van der Waals surface area (Å²) >= 11 is 0. The minimum atomic E-state index is 0.0300. The third kappa shape index (κ3) is 2.78. The molecule has 0 spiro atoms. The smallest absolute Gasteiger partial charge is 0.238 e. The van der Waals surface area contributed by atoms with Crippen LogP contribution in [0.15, 0.2) is 24.3 Å². The molecule has 0 saturated carbocycles.